The zero-order valence-electron chi connectivity index (χ0n) is 7.26. The van der Waals surface area contributed by atoms with Gasteiger partial charge in [-0.15, -0.1) is 0 Å². The number of hydrogen-bond donors (Lipinski definition) is 0. The van der Waals surface area contributed by atoms with Crippen molar-refractivity contribution in [3.05, 3.63) is 28.3 Å². The summed E-state index contributed by atoms with van der Waals surface area (Å²) in [5, 5.41) is 0.647. The fourth-order valence-corrected chi connectivity index (χ4v) is 1.60. The van der Waals surface area contributed by atoms with Gasteiger partial charge in [0.15, 0.2) is 5.78 Å². The number of carbonyl (C=O) groups is 1. The van der Waals surface area contributed by atoms with Crippen LogP contribution in [0.25, 0.3) is 0 Å². The van der Waals surface area contributed by atoms with Gasteiger partial charge in [0.25, 0.3) is 0 Å². The highest BCUT2D eigenvalue weighted by Gasteiger charge is 2.20. The van der Waals surface area contributed by atoms with Gasteiger partial charge in [-0.05, 0) is 19.1 Å². The highest BCUT2D eigenvalue weighted by molar-refractivity contribution is 6.31. The van der Waals surface area contributed by atoms with Crippen molar-refractivity contribution < 1.29 is 9.53 Å². The molecule has 0 spiro atoms. The van der Waals surface area contributed by atoms with Gasteiger partial charge < -0.3 is 4.74 Å². The summed E-state index contributed by atoms with van der Waals surface area (Å²) in [6, 6.07) is 3.47. The molecule has 0 atom stereocenters. The van der Waals surface area contributed by atoms with Gasteiger partial charge >= 0.3 is 0 Å². The van der Waals surface area contributed by atoms with Crippen LogP contribution in [0, 0.1) is 6.92 Å². The maximum absolute atomic E-state index is 11.4. The first-order valence-corrected chi connectivity index (χ1v) is 4.53. The lowest BCUT2D eigenvalue weighted by atomic mass is 10.0. The number of rotatable bonds is 0. The number of fused-ring (bicyclic) bond motifs is 1. The summed E-state index contributed by atoms with van der Waals surface area (Å²) >= 11 is 5.90. The lowest BCUT2D eigenvalue weighted by Crippen LogP contribution is -2.16. The van der Waals surface area contributed by atoms with Crippen LogP contribution in [-0.4, -0.2) is 12.4 Å². The Morgan fingerprint density at radius 1 is 1.46 bits per heavy atom. The van der Waals surface area contributed by atoms with E-state index in [9.17, 15) is 4.79 Å². The molecular weight excluding hydrogens is 188 g/mol. The minimum atomic E-state index is 0.140. The van der Waals surface area contributed by atoms with Crippen LogP contribution in [0.3, 0.4) is 0 Å². The van der Waals surface area contributed by atoms with Gasteiger partial charge in [-0.1, -0.05) is 11.6 Å². The topological polar surface area (TPSA) is 26.3 Å². The summed E-state index contributed by atoms with van der Waals surface area (Å²) in [5.41, 5.74) is 1.51. The minimum Gasteiger partial charge on any atom is -0.492 e. The largest absolute Gasteiger partial charge is 0.492 e. The quantitative estimate of drug-likeness (QED) is 0.638. The van der Waals surface area contributed by atoms with Gasteiger partial charge in [0.2, 0.25) is 0 Å². The van der Waals surface area contributed by atoms with E-state index in [1.165, 1.54) is 0 Å². The van der Waals surface area contributed by atoms with E-state index in [-0.39, 0.29) is 5.78 Å². The molecule has 0 bridgehead atoms. The lowest BCUT2D eigenvalue weighted by Gasteiger charge is -2.18. The van der Waals surface area contributed by atoms with Gasteiger partial charge in [0.1, 0.15) is 5.75 Å². The summed E-state index contributed by atoms with van der Waals surface area (Å²) in [5.74, 6) is 0.796. The molecule has 1 aromatic rings. The second-order valence-corrected chi connectivity index (χ2v) is 3.48. The third kappa shape index (κ3) is 1.31. The molecule has 1 aliphatic heterocycles. The summed E-state index contributed by atoms with van der Waals surface area (Å²) in [4.78, 5) is 11.4. The molecule has 2 nitrogen and oxygen atoms in total. The van der Waals surface area contributed by atoms with E-state index < -0.39 is 0 Å². The van der Waals surface area contributed by atoms with Gasteiger partial charge in [0.05, 0.1) is 12.2 Å². The Labute approximate surface area is 81.5 Å². The molecule has 0 saturated carbocycles. The molecule has 1 aliphatic rings. The predicted molar refractivity (Wildman–Crippen MR) is 50.6 cm³/mol. The fraction of sp³-hybridized carbons (Fsp3) is 0.300. The monoisotopic (exact) mass is 196 g/mol. The Kier molecular flexibility index (Phi) is 2.00. The lowest BCUT2D eigenvalue weighted by molar-refractivity contribution is 0.0933. The number of hydrogen-bond acceptors (Lipinski definition) is 2. The summed E-state index contributed by atoms with van der Waals surface area (Å²) < 4.78 is 5.40. The van der Waals surface area contributed by atoms with Gasteiger partial charge in [-0.25, -0.2) is 0 Å². The Hall–Kier alpha value is -1.02. The second kappa shape index (κ2) is 3.04. The molecular formula is C10H9ClO2. The molecule has 1 heterocycles. The van der Waals surface area contributed by atoms with Crippen molar-refractivity contribution >= 4 is 17.4 Å². The molecule has 13 heavy (non-hydrogen) atoms. The normalized spacial score (nSPS) is 15.1. The van der Waals surface area contributed by atoms with E-state index >= 15 is 0 Å². The van der Waals surface area contributed by atoms with Crippen LogP contribution >= 0.6 is 11.6 Å². The molecule has 2 rings (SSSR count). The van der Waals surface area contributed by atoms with Crippen molar-refractivity contribution in [2.45, 2.75) is 13.3 Å². The third-order valence-corrected chi connectivity index (χ3v) is 2.63. The van der Waals surface area contributed by atoms with E-state index in [4.69, 9.17) is 16.3 Å². The smallest absolute Gasteiger partial charge is 0.170 e. The molecule has 0 unspecified atom stereocenters. The SMILES string of the molecule is Cc1c(Cl)ccc2c1OCCC2=O. The van der Waals surface area contributed by atoms with E-state index in [1.54, 1.807) is 12.1 Å². The average molecular weight is 197 g/mol. The number of ether oxygens (including phenoxy) is 1. The minimum absolute atomic E-state index is 0.140. The first-order chi connectivity index (χ1) is 6.20. The van der Waals surface area contributed by atoms with E-state index in [2.05, 4.69) is 0 Å². The van der Waals surface area contributed by atoms with Crippen molar-refractivity contribution in [1.29, 1.82) is 0 Å². The van der Waals surface area contributed by atoms with Crippen LogP contribution < -0.4 is 4.74 Å². The summed E-state index contributed by atoms with van der Waals surface area (Å²) in [6.45, 7) is 2.33. The first kappa shape index (κ1) is 8.57. The highest BCUT2D eigenvalue weighted by Crippen LogP contribution is 2.32. The predicted octanol–water partition coefficient (Wildman–Crippen LogP) is 2.61. The average Bonchev–Trinajstić information content (AvgIpc) is 2.12. The van der Waals surface area contributed by atoms with E-state index in [0.29, 0.717) is 29.4 Å². The zero-order chi connectivity index (χ0) is 9.42. The molecule has 0 amide bonds. The molecule has 0 radical (unpaired) electrons. The van der Waals surface area contributed by atoms with Crippen LogP contribution in [-0.2, 0) is 0 Å². The highest BCUT2D eigenvalue weighted by atomic mass is 35.5. The maximum Gasteiger partial charge on any atom is 0.170 e. The molecule has 68 valence electrons. The van der Waals surface area contributed by atoms with Crippen molar-refractivity contribution in [2.24, 2.45) is 0 Å². The molecule has 0 N–H and O–H groups in total. The second-order valence-electron chi connectivity index (χ2n) is 3.07. The number of Topliss-reactive ketones (excluding diaryl/α,β-unsaturated/α-hetero) is 1. The van der Waals surface area contributed by atoms with Gasteiger partial charge in [-0.3, -0.25) is 4.79 Å². The molecule has 0 aliphatic carbocycles. The van der Waals surface area contributed by atoms with Crippen LogP contribution in [0.15, 0.2) is 12.1 Å². The molecule has 1 aromatic carbocycles. The van der Waals surface area contributed by atoms with Crippen LogP contribution in [0.1, 0.15) is 22.3 Å². The Bertz CT molecular complexity index is 371. The first-order valence-electron chi connectivity index (χ1n) is 4.15. The Morgan fingerprint density at radius 2 is 2.23 bits per heavy atom. The van der Waals surface area contributed by atoms with E-state index in [0.717, 1.165) is 5.56 Å². The van der Waals surface area contributed by atoms with Gasteiger partial charge in [-0.2, -0.15) is 0 Å². The summed E-state index contributed by atoms with van der Waals surface area (Å²) in [7, 11) is 0. The Balaban J connectivity index is 2.63. The molecule has 0 fully saturated rings. The Morgan fingerprint density at radius 3 is 3.00 bits per heavy atom. The maximum atomic E-state index is 11.4. The standard InChI is InChI=1S/C10H9ClO2/c1-6-8(11)3-2-7-9(12)4-5-13-10(6)7/h2-3H,4-5H2,1H3. The third-order valence-electron chi connectivity index (χ3n) is 2.22. The van der Waals surface area contributed by atoms with Crippen LogP contribution in [0.2, 0.25) is 5.02 Å². The number of ketones is 1. The fourth-order valence-electron chi connectivity index (χ4n) is 1.45. The number of halogens is 1. The summed E-state index contributed by atoms with van der Waals surface area (Å²) in [6.07, 6.45) is 0.466. The van der Waals surface area contributed by atoms with E-state index in [1.807, 2.05) is 6.92 Å². The number of carbonyl (C=O) groups excluding carboxylic acids is 1. The van der Waals surface area contributed by atoms with Crippen molar-refractivity contribution in [1.82, 2.24) is 0 Å². The molecule has 0 saturated heterocycles. The van der Waals surface area contributed by atoms with Crippen LogP contribution in [0.4, 0.5) is 0 Å². The molecule has 0 aromatic heterocycles. The zero-order valence-corrected chi connectivity index (χ0v) is 8.02. The number of benzene rings is 1. The van der Waals surface area contributed by atoms with Crippen LogP contribution in [0.5, 0.6) is 5.75 Å². The van der Waals surface area contributed by atoms with Crippen molar-refractivity contribution in [2.75, 3.05) is 6.61 Å². The van der Waals surface area contributed by atoms with Gasteiger partial charge in [0, 0.05) is 17.0 Å². The molecule has 3 heteroatoms. The van der Waals surface area contributed by atoms with Crippen molar-refractivity contribution in [3.8, 4) is 5.75 Å². The van der Waals surface area contributed by atoms with Crippen molar-refractivity contribution in [3.63, 3.8) is 0 Å².